The monoisotopic (exact) mass is 455 g/mol. The molecule has 0 aliphatic heterocycles. The summed E-state index contributed by atoms with van der Waals surface area (Å²) in [5.74, 6) is 0. The van der Waals surface area contributed by atoms with E-state index in [1.807, 2.05) is 12.1 Å². The molecule has 0 atom stereocenters. The van der Waals surface area contributed by atoms with Gasteiger partial charge in [0, 0.05) is 16.5 Å². The van der Waals surface area contributed by atoms with Gasteiger partial charge in [-0.1, -0.05) is 115 Å². The average molecular weight is 455 g/mol. The Kier molecular flexibility index (Phi) is 4.78. The molecular weight excluding hydrogens is 433 g/mol. The van der Waals surface area contributed by atoms with Gasteiger partial charge in [-0.15, -0.1) is 0 Å². The summed E-state index contributed by atoms with van der Waals surface area (Å²) in [6.07, 6.45) is 0. The molecule has 7 rings (SSSR count). The normalized spacial score (nSPS) is 11.4. The molecule has 0 bridgehead atoms. The van der Waals surface area contributed by atoms with Gasteiger partial charge in [-0.05, 0) is 57.3 Å². The summed E-state index contributed by atoms with van der Waals surface area (Å²) >= 11 is 0. The Morgan fingerprint density at radius 2 is 0.972 bits per heavy atom. The lowest BCUT2D eigenvalue weighted by atomic mass is 9.85. The molecule has 0 saturated carbocycles. The van der Waals surface area contributed by atoms with Crippen LogP contribution in [0, 0.1) is 0 Å². The lowest BCUT2D eigenvalue weighted by molar-refractivity contribution is 1.18. The zero-order chi connectivity index (χ0) is 24.1. The van der Waals surface area contributed by atoms with E-state index in [1.54, 1.807) is 0 Å². The molecule has 7 aromatic rings. The van der Waals surface area contributed by atoms with Crippen LogP contribution >= 0.6 is 0 Å². The topological polar surface area (TPSA) is 4.93 Å². The largest absolute Gasteiger partial charge is 0.309 e. The molecule has 0 aliphatic rings. The molecule has 36 heavy (non-hydrogen) atoms. The molecule has 0 unspecified atom stereocenters. The Labute approximate surface area is 211 Å². The van der Waals surface area contributed by atoms with E-state index in [-0.39, 0.29) is 0 Å². The average Bonchev–Trinajstić information content (AvgIpc) is 3.28. The van der Waals surface area contributed by atoms with E-state index in [1.165, 1.54) is 49.7 Å². The smallest absolute Gasteiger partial charge is 0.114 e. The zero-order valence-electron chi connectivity index (χ0n) is 19.7. The van der Waals surface area contributed by atoms with Gasteiger partial charge >= 0.3 is 0 Å². The van der Waals surface area contributed by atoms with Gasteiger partial charge in [0.05, 0.1) is 11.0 Å². The molecule has 2 heteroatoms. The number of hydrogen-bond acceptors (Lipinski definition) is 0. The summed E-state index contributed by atoms with van der Waals surface area (Å²) < 4.78 is 2.35. The second-order valence-corrected chi connectivity index (χ2v) is 9.24. The third-order valence-corrected chi connectivity index (χ3v) is 7.17. The maximum atomic E-state index is 6.34. The number of benzene rings is 6. The highest BCUT2D eigenvalue weighted by Crippen LogP contribution is 2.33. The van der Waals surface area contributed by atoms with Gasteiger partial charge in [-0.3, -0.25) is 0 Å². The van der Waals surface area contributed by atoms with Gasteiger partial charge in [-0.25, -0.2) is 0 Å². The third kappa shape index (κ3) is 3.26. The van der Waals surface area contributed by atoms with Crippen molar-refractivity contribution in [2.24, 2.45) is 0 Å². The van der Waals surface area contributed by atoms with Crippen molar-refractivity contribution >= 4 is 45.9 Å². The Bertz CT molecular complexity index is 1820. The van der Waals surface area contributed by atoms with Crippen LogP contribution in [-0.4, -0.2) is 12.4 Å². The minimum absolute atomic E-state index is 0.813. The first-order chi connectivity index (χ1) is 17.8. The van der Waals surface area contributed by atoms with E-state index < -0.39 is 0 Å². The molecule has 6 aromatic carbocycles. The van der Waals surface area contributed by atoms with E-state index >= 15 is 0 Å². The highest BCUT2D eigenvalue weighted by atomic mass is 15.0. The molecule has 0 aliphatic carbocycles. The summed E-state index contributed by atoms with van der Waals surface area (Å²) in [5.41, 5.74) is 9.16. The van der Waals surface area contributed by atoms with Crippen LogP contribution in [0.3, 0.4) is 0 Å². The molecule has 2 radical (unpaired) electrons. The highest BCUT2D eigenvalue weighted by Gasteiger charge is 2.11. The van der Waals surface area contributed by atoms with E-state index in [9.17, 15) is 0 Å². The Balaban J connectivity index is 1.27. The van der Waals surface area contributed by atoms with Crippen LogP contribution in [0.15, 0.2) is 133 Å². The van der Waals surface area contributed by atoms with E-state index in [2.05, 4.69) is 126 Å². The van der Waals surface area contributed by atoms with E-state index in [0.29, 0.717) is 0 Å². The second-order valence-electron chi connectivity index (χ2n) is 9.24. The Morgan fingerprint density at radius 1 is 0.444 bits per heavy atom. The fraction of sp³-hybridized carbons (Fsp3) is 0. The van der Waals surface area contributed by atoms with Gasteiger partial charge in [0.2, 0.25) is 0 Å². The highest BCUT2D eigenvalue weighted by molar-refractivity contribution is 6.40. The number of fused-ring (bicyclic) bond motifs is 4. The van der Waals surface area contributed by atoms with Crippen molar-refractivity contribution < 1.29 is 0 Å². The van der Waals surface area contributed by atoms with Crippen LogP contribution in [0.2, 0.25) is 0 Å². The molecule has 1 heterocycles. The summed E-state index contributed by atoms with van der Waals surface area (Å²) in [7, 11) is 6.34. The molecule has 1 nitrogen and oxygen atoms in total. The van der Waals surface area contributed by atoms with E-state index in [0.717, 1.165) is 16.2 Å². The van der Waals surface area contributed by atoms with Crippen LogP contribution in [0.5, 0.6) is 0 Å². The van der Waals surface area contributed by atoms with Crippen LogP contribution < -0.4 is 5.46 Å². The second kappa shape index (κ2) is 8.28. The molecule has 0 saturated heterocycles. The zero-order valence-corrected chi connectivity index (χ0v) is 19.7. The number of aromatic nitrogens is 1. The quantitative estimate of drug-likeness (QED) is 0.238. The molecule has 0 N–H and O–H groups in total. The molecule has 0 spiro atoms. The summed E-state index contributed by atoms with van der Waals surface area (Å²) in [5, 5.41) is 4.84. The Hall–Kier alpha value is -4.56. The number of rotatable bonds is 3. The van der Waals surface area contributed by atoms with Crippen molar-refractivity contribution in [3.05, 3.63) is 133 Å². The predicted octanol–water partition coefficient (Wildman–Crippen LogP) is 8.06. The SMILES string of the molecule is [B]c1cccc2cccc(-c3ccc(-c4ccc(-n5c6ccccc6c6ccccc65)cc4)cc3)c12. The number of nitrogens with zero attached hydrogens (tertiary/aromatic N) is 1. The van der Waals surface area contributed by atoms with Gasteiger partial charge in [0.1, 0.15) is 7.85 Å². The minimum atomic E-state index is 0.813. The van der Waals surface area contributed by atoms with Gasteiger partial charge < -0.3 is 4.57 Å². The fourth-order valence-corrected chi connectivity index (χ4v) is 5.46. The lowest BCUT2D eigenvalue weighted by Gasteiger charge is -2.12. The first-order valence-corrected chi connectivity index (χ1v) is 12.2. The summed E-state index contributed by atoms with van der Waals surface area (Å²) in [6.45, 7) is 0. The minimum Gasteiger partial charge on any atom is -0.309 e. The van der Waals surface area contributed by atoms with Crippen molar-refractivity contribution in [1.29, 1.82) is 0 Å². The summed E-state index contributed by atoms with van der Waals surface area (Å²) in [6, 6.07) is 47.3. The fourth-order valence-electron chi connectivity index (χ4n) is 5.46. The van der Waals surface area contributed by atoms with E-state index in [4.69, 9.17) is 7.85 Å². The maximum Gasteiger partial charge on any atom is 0.114 e. The molecule has 1 aromatic heterocycles. The van der Waals surface area contributed by atoms with Crippen molar-refractivity contribution in [3.8, 4) is 27.9 Å². The first-order valence-electron chi connectivity index (χ1n) is 12.2. The summed E-state index contributed by atoms with van der Waals surface area (Å²) in [4.78, 5) is 0. The molecular formula is C34H22BN. The number of hydrogen-bond donors (Lipinski definition) is 0. The van der Waals surface area contributed by atoms with Crippen LogP contribution in [0.25, 0.3) is 60.5 Å². The molecule has 0 amide bonds. The van der Waals surface area contributed by atoms with Gasteiger partial charge in [0.15, 0.2) is 0 Å². The Morgan fingerprint density at radius 3 is 1.61 bits per heavy atom. The lowest BCUT2D eigenvalue weighted by Crippen LogP contribution is -2.04. The molecule has 166 valence electrons. The standard InChI is InChI=1S/C34H22BN/c35-31-12-6-8-26-7-5-11-28(34(26)31)25-17-15-23(16-18-25)24-19-21-27(22-20-24)36-32-13-3-1-9-29(32)30-10-2-4-14-33(30)36/h1-22H. The van der Waals surface area contributed by atoms with Crippen LogP contribution in [0.4, 0.5) is 0 Å². The number of para-hydroxylation sites is 2. The van der Waals surface area contributed by atoms with Gasteiger partial charge in [0.25, 0.3) is 0 Å². The maximum absolute atomic E-state index is 6.34. The van der Waals surface area contributed by atoms with Crippen molar-refractivity contribution in [3.63, 3.8) is 0 Å². The van der Waals surface area contributed by atoms with Crippen molar-refractivity contribution in [2.45, 2.75) is 0 Å². The van der Waals surface area contributed by atoms with Crippen molar-refractivity contribution in [1.82, 2.24) is 4.57 Å². The molecule has 0 fully saturated rings. The predicted molar refractivity (Wildman–Crippen MR) is 155 cm³/mol. The third-order valence-electron chi connectivity index (χ3n) is 7.17. The van der Waals surface area contributed by atoms with Crippen LogP contribution in [0.1, 0.15) is 0 Å². The van der Waals surface area contributed by atoms with Crippen LogP contribution in [-0.2, 0) is 0 Å². The van der Waals surface area contributed by atoms with Crippen molar-refractivity contribution in [2.75, 3.05) is 0 Å². The first kappa shape index (κ1) is 20.8. The van der Waals surface area contributed by atoms with Gasteiger partial charge in [-0.2, -0.15) is 0 Å².